The van der Waals surface area contributed by atoms with Crippen LogP contribution < -0.4 is 20.3 Å². The molecule has 1 amide bonds. The summed E-state index contributed by atoms with van der Waals surface area (Å²) in [6.07, 6.45) is 7.24. The predicted molar refractivity (Wildman–Crippen MR) is 135 cm³/mol. The molecule has 0 aliphatic carbocycles. The number of unbranched alkanes of at least 4 members (excludes halogenated alkanes) is 9. The van der Waals surface area contributed by atoms with Gasteiger partial charge in [-0.25, -0.2) is 9.48 Å². The maximum Gasteiger partial charge on any atom is 0.412 e. The van der Waals surface area contributed by atoms with Gasteiger partial charge in [0, 0.05) is 6.07 Å². The number of hydrogen-bond donors (Lipinski definition) is 2. The van der Waals surface area contributed by atoms with Gasteiger partial charge < -0.3 is 14.2 Å². The van der Waals surface area contributed by atoms with Crippen molar-refractivity contribution in [1.29, 1.82) is 0 Å². The summed E-state index contributed by atoms with van der Waals surface area (Å²) in [5.41, 5.74) is -0.924. The largest absolute Gasteiger partial charge is 0.494 e. The van der Waals surface area contributed by atoms with Crippen LogP contribution in [-0.2, 0) is 11.3 Å². The van der Waals surface area contributed by atoms with Crippen molar-refractivity contribution < 1.29 is 32.2 Å². The third-order valence-electron chi connectivity index (χ3n) is 5.54. The third-order valence-corrected chi connectivity index (χ3v) is 5.54. The molecule has 0 bridgehead atoms. The molecule has 0 spiro atoms. The first-order valence-corrected chi connectivity index (χ1v) is 12.9. The standard InChI is InChI=1S/C26H38F3N3O5/c1-2-3-4-5-6-7-8-9-10-11-16-35-21-12-14-22(15-13-21)36-17-18-37-25(34)30-23-19-24(33)32(31-23)20-26(27,28)29/h12-15,19,31H,2-11,16-18,20H2,1H3,(H,30,34). The van der Waals surface area contributed by atoms with Gasteiger partial charge in [0.15, 0.2) is 0 Å². The van der Waals surface area contributed by atoms with Crippen LogP contribution >= 0.6 is 0 Å². The molecule has 0 unspecified atom stereocenters. The van der Waals surface area contributed by atoms with Crippen molar-refractivity contribution in [3.05, 3.63) is 40.7 Å². The first-order chi connectivity index (χ1) is 17.8. The number of benzene rings is 1. The number of anilines is 1. The number of ether oxygens (including phenoxy) is 3. The van der Waals surface area contributed by atoms with E-state index in [1.807, 2.05) is 0 Å². The molecule has 0 atom stereocenters. The molecule has 2 rings (SSSR count). The molecule has 208 valence electrons. The Hall–Kier alpha value is -3.11. The summed E-state index contributed by atoms with van der Waals surface area (Å²) >= 11 is 0. The van der Waals surface area contributed by atoms with Crippen LogP contribution in [0.25, 0.3) is 0 Å². The molecule has 0 aliphatic heterocycles. The number of aromatic amines is 1. The highest BCUT2D eigenvalue weighted by atomic mass is 19.4. The molecule has 11 heteroatoms. The van der Waals surface area contributed by atoms with Gasteiger partial charge in [0.2, 0.25) is 0 Å². The Bertz CT molecular complexity index is 958. The molecule has 1 aromatic carbocycles. The van der Waals surface area contributed by atoms with E-state index in [-0.39, 0.29) is 19.0 Å². The maximum absolute atomic E-state index is 12.4. The van der Waals surface area contributed by atoms with Crippen LogP contribution in [0.5, 0.6) is 11.5 Å². The predicted octanol–water partition coefficient (Wildman–Crippen LogP) is 6.67. The minimum atomic E-state index is -4.57. The number of carbonyl (C=O) groups is 1. The van der Waals surface area contributed by atoms with Crippen LogP contribution in [0, 0.1) is 0 Å². The summed E-state index contributed by atoms with van der Waals surface area (Å²) in [7, 11) is 0. The van der Waals surface area contributed by atoms with Gasteiger partial charge in [-0.15, -0.1) is 0 Å². The van der Waals surface area contributed by atoms with Crippen LogP contribution in [0.4, 0.5) is 23.8 Å². The van der Waals surface area contributed by atoms with Crippen LogP contribution in [-0.4, -0.2) is 41.9 Å². The second-order valence-corrected chi connectivity index (χ2v) is 8.82. The summed E-state index contributed by atoms with van der Waals surface area (Å²) in [6.45, 7) is 1.39. The van der Waals surface area contributed by atoms with Crippen molar-refractivity contribution in [3.8, 4) is 11.5 Å². The van der Waals surface area contributed by atoms with Gasteiger partial charge in [-0.05, 0) is 30.7 Å². The van der Waals surface area contributed by atoms with Crippen molar-refractivity contribution in [1.82, 2.24) is 9.78 Å². The molecular weight excluding hydrogens is 491 g/mol. The van der Waals surface area contributed by atoms with E-state index in [2.05, 4.69) is 17.3 Å². The lowest BCUT2D eigenvalue weighted by Crippen LogP contribution is -2.26. The molecule has 0 aliphatic rings. The summed E-state index contributed by atoms with van der Waals surface area (Å²) in [6, 6.07) is 7.95. The Morgan fingerprint density at radius 3 is 1.97 bits per heavy atom. The van der Waals surface area contributed by atoms with E-state index in [1.54, 1.807) is 24.3 Å². The van der Waals surface area contributed by atoms with Gasteiger partial charge in [-0.2, -0.15) is 13.2 Å². The first kappa shape index (κ1) is 30.1. The highest BCUT2D eigenvalue weighted by Gasteiger charge is 2.29. The number of nitrogens with one attached hydrogen (secondary N) is 2. The van der Waals surface area contributed by atoms with E-state index in [1.165, 1.54) is 57.8 Å². The molecule has 2 N–H and O–H groups in total. The second kappa shape index (κ2) is 16.6. The van der Waals surface area contributed by atoms with Crippen molar-refractivity contribution in [3.63, 3.8) is 0 Å². The summed E-state index contributed by atoms with van der Waals surface area (Å²) in [5.74, 6) is 1.13. The van der Waals surface area contributed by atoms with Gasteiger partial charge >= 0.3 is 12.3 Å². The Kier molecular flexibility index (Phi) is 13.5. The van der Waals surface area contributed by atoms with Crippen molar-refractivity contribution in [2.75, 3.05) is 25.1 Å². The lowest BCUT2D eigenvalue weighted by Gasteiger charge is -2.10. The number of carbonyl (C=O) groups excluding carboxylic acids is 1. The fourth-order valence-corrected chi connectivity index (χ4v) is 3.65. The van der Waals surface area contributed by atoms with Crippen molar-refractivity contribution in [2.45, 2.75) is 83.9 Å². The number of aromatic nitrogens is 2. The van der Waals surface area contributed by atoms with Crippen molar-refractivity contribution >= 4 is 11.9 Å². The molecule has 2 aromatic rings. The second-order valence-electron chi connectivity index (χ2n) is 8.82. The quantitative estimate of drug-likeness (QED) is 0.211. The number of hydrogen-bond acceptors (Lipinski definition) is 5. The number of alkyl halides is 3. The number of nitrogens with zero attached hydrogens (tertiary/aromatic N) is 1. The Balaban J connectivity index is 1.53. The average Bonchev–Trinajstić information content (AvgIpc) is 3.17. The summed E-state index contributed by atoms with van der Waals surface area (Å²) < 4.78 is 53.7. The van der Waals surface area contributed by atoms with Gasteiger partial charge in [0.25, 0.3) is 5.56 Å². The minimum Gasteiger partial charge on any atom is -0.494 e. The van der Waals surface area contributed by atoms with Gasteiger partial charge in [0.1, 0.15) is 37.1 Å². The Morgan fingerprint density at radius 2 is 1.41 bits per heavy atom. The monoisotopic (exact) mass is 529 g/mol. The zero-order valence-electron chi connectivity index (χ0n) is 21.4. The molecule has 37 heavy (non-hydrogen) atoms. The van der Waals surface area contributed by atoms with E-state index in [0.717, 1.165) is 18.2 Å². The normalized spacial score (nSPS) is 11.4. The van der Waals surface area contributed by atoms with Gasteiger partial charge in [-0.3, -0.25) is 15.2 Å². The highest BCUT2D eigenvalue weighted by molar-refractivity contribution is 5.83. The zero-order chi connectivity index (χ0) is 26.9. The Morgan fingerprint density at radius 1 is 0.865 bits per heavy atom. The van der Waals surface area contributed by atoms with Crippen LogP contribution in [0.1, 0.15) is 71.1 Å². The number of rotatable bonds is 18. The molecule has 1 heterocycles. The van der Waals surface area contributed by atoms with E-state index in [0.29, 0.717) is 17.0 Å². The van der Waals surface area contributed by atoms with E-state index >= 15 is 0 Å². The molecule has 1 aromatic heterocycles. The SMILES string of the molecule is CCCCCCCCCCCCOc1ccc(OCCOC(=O)Nc2cc(=O)n(CC(F)(F)F)[nH]2)cc1. The minimum absolute atomic E-state index is 0.0673. The summed E-state index contributed by atoms with van der Waals surface area (Å²) in [5, 5.41) is 4.32. The van der Waals surface area contributed by atoms with Gasteiger partial charge in [-0.1, -0.05) is 64.7 Å². The van der Waals surface area contributed by atoms with Crippen LogP contribution in [0.15, 0.2) is 35.1 Å². The maximum atomic E-state index is 12.4. The number of H-pyrrole nitrogens is 1. The van der Waals surface area contributed by atoms with E-state index in [4.69, 9.17) is 14.2 Å². The molecule has 0 fully saturated rings. The lowest BCUT2D eigenvalue weighted by molar-refractivity contribution is -0.143. The topological polar surface area (TPSA) is 94.6 Å². The van der Waals surface area contributed by atoms with E-state index in [9.17, 15) is 22.8 Å². The molecular formula is C26H38F3N3O5. The number of amides is 1. The summed E-state index contributed by atoms with van der Waals surface area (Å²) in [4.78, 5) is 23.3. The molecule has 8 nitrogen and oxygen atoms in total. The fourth-order valence-electron chi connectivity index (χ4n) is 3.65. The first-order valence-electron chi connectivity index (χ1n) is 12.9. The van der Waals surface area contributed by atoms with Gasteiger partial charge in [0.05, 0.1) is 6.61 Å². The number of halogens is 3. The van der Waals surface area contributed by atoms with E-state index < -0.39 is 24.4 Å². The van der Waals surface area contributed by atoms with Crippen LogP contribution in [0.2, 0.25) is 0 Å². The smallest absolute Gasteiger partial charge is 0.412 e. The zero-order valence-corrected chi connectivity index (χ0v) is 21.4. The average molecular weight is 530 g/mol. The van der Waals surface area contributed by atoms with Crippen LogP contribution in [0.3, 0.4) is 0 Å². The molecule has 0 saturated carbocycles. The molecule has 0 saturated heterocycles. The highest BCUT2D eigenvalue weighted by Crippen LogP contribution is 2.19. The fraction of sp³-hybridized carbons (Fsp3) is 0.615. The molecule has 0 radical (unpaired) electrons. The Labute approximate surface area is 215 Å². The third kappa shape index (κ3) is 13.7. The van der Waals surface area contributed by atoms with Crippen molar-refractivity contribution in [2.24, 2.45) is 0 Å². The lowest BCUT2D eigenvalue weighted by atomic mass is 10.1.